The minimum absolute atomic E-state index is 0.0417. The number of nitrogens with zero attached hydrogens (tertiary/aromatic N) is 3. The maximum absolute atomic E-state index is 11.4. The molecule has 1 aliphatic rings. The molecular weight excluding hydrogens is 264 g/mol. The third-order valence-electron chi connectivity index (χ3n) is 3.52. The lowest BCUT2D eigenvalue weighted by atomic mass is 9.84. The van der Waals surface area contributed by atoms with Gasteiger partial charge in [0.15, 0.2) is 0 Å². The second-order valence-electron chi connectivity index (χ2n) is 4.88. The molecular formula is C12H16N4O4. The molecule has 2 rings (SSSR count). The van der Waals surface area contributed by atoms with E-state index < -0.39 is 16.9 Å². The van der Waals surface area contributed by atoms with Crippen LogP contribution in [0, 0.1) is 16.0 Å². The van der Waals surface area contributed by atoms with Gasteiger partial charge in [0.25, 0.3) is 0 Å². The van der Waals surface area contributed by atoms with Crippen LogP contribution in [0.3, 0.4) is 0 Å². The van der Waals surface area contributed by atoms with E-state index in [2.05, 4.69) is 15.3 Å². The first-order valence-corrected chi connectivity index (χ1v) is 6.53. The highest BCUT2D eigenvalue weighted by molar-refractivity contribution is 5.77. The van der Waals surface area contributed by atoms with Gasteiger partial charge in [0, 0.05) is 0 Å². The maximum Gasteiger partial charge on any atom is 0.326 e. The van der Waals surface area contributed by atoms with Crippen LogP contribution in [-0.2, 0) is 4.79 Å². The topological polar surface area (TPSA) is 118 Å². The fourth-order valence-corrected chi connectivity index (χ4v) is 2.48. The van der Waals surface area contributed by atoms with Gasteiger partial charge in [0.05, 0.1) is 4.92 Å². The monoisotopic (exact) mass is 280 g/mol. The zero-order valence-electron chi connectivity index (χ0n) is 10.9. The van der Waals surface area contributed by atoms with Gasteiger partial charge >= 0.3 is 11.7 Å². The highest BCUT2D eigenvalue weighted by atomic mass is 16.6. The molecule has 1 aromatic rings. The molecule has 1 aromatic heterocycles. The molecule has 1 saturated carbocycles. The molecule has 1 aliphatic carbocycles. The fourth-order valence-electron chi connectivity index (χ4n) is 2.48. The van der Waals surface area contributed by atoms with Crippen LogP contribution in [0.25, 0.3) is 0 Å². The summed E-state index contributed by atoms with van der Waals surface area (Å²) in [7, 11) is 0. The van der Waals surface area contributed by atoms with Crippen molar-refractivity contribution in [1.82, 2.24) is 9.97 Å². The van der Waals surface area contributed by atoms with Crippen LogP contribution in [0.2, 0.25) is 0 Å². The Balaban J connectivity index is 2.07. The molecule has 0 bridgehead atoms. The van der Waals surface area contributed by atoms with Crippen LogP contribution in [0.4, 0.5) is 11.6 Å². The van der Waals surface area contributed by atoms with Crippen LogP contribution >= 0.6 is 0 Å². The Kier molecular flexibility index (Phi) is 4.44. The molecule has 0 aromatic carbocycles. The average molecular weight is 280 g/mol. The molecule has 8 nitrogen and oxygen atoms in total. The van der Waals surface area contributed by atoms with E-state index in [-0.39, 0.29) is 17.6 Å². The summed E-state index contributed by atoms with van der Waals surface area (Å²) in [6.07, 6.45) is 7.03. The van der Waals surface area contributed by atoms with Crippen molar-refractivity contribution in [3.05, 3.63) is 22.5 Å². The summed E-state index contributed by atoms with van der Waals surface area (Å²) >= 11 is 0. The van der Waals surface area contributed by atoms with Gasteiger partial charge in [-0.05, 0) is 18.8 Å². The molecule has 1 fully saturated rings. The van der Waals surface area contributed by atoms with Crippen molar-refractivity contribution in [3.63, 3.8) is 0 Å². The van der Waals surface area contributed by atoms with Gasteiger partial charge in [-0.3, -0.25) is 10.1 Å². The number of anilines is 1. The lowest BCUT2D eigenvalue weighted by molar-refractivity contribution is -0.385. The van der Waals surface area contributed by atoms with E-state index in [9.17, 15) is 20.0 Å². The highest BCUT2D eigenvalue weighted by Gasteiger charge is 2.30. The summed E-state index contributed by atoms with van der Waals surface area (Å²) in [6.45, 7) is 0. The molecule has 0 radical (unpaired) electrons. The number of nitrogens with one attached hydrogen (secondary N) is 1. The van der Waals surface area contributed by atoms with E-state index in [1.165, 1.54) is 0 Å². The number of hydrogen-bond donors (Lipinski definition) is 2. The van der Waals surface area contributed by atoms with Gasteiger partial charge in [0.2, 0.25) is 5.95 Å². The Labute approximate surface area is 115 Å². The quantitative estimate of drug-likeness (QED) is 0.623. The van der Waals surface area contributed by atoms with Crippen LogP contribution in [-0.4, -0.2) is 32.0 Å². The van der Waals surface area contributed by atoms with Gasteiger partial charge < -0.3 is 10.4 Å². The summed E-state index contributed by atoms with van der Waals surface area (Å²) in [4.78, 5) is 28.8. The van der Waals surface area contributed by atoms with E-state index >= 15 is 0 Å². The Morgan fingerprint density at radius 2 is 1.95 bits per heavy atom. The van der Waals surface area contributed by atoms with Gasteiger partial charge in [-0.25, -0.2) is 14.8 Å². The summed E-state index contributed by atoms with van der Waals surface area (Å²) < 4.78 is 0. The normalized spacial score (nSPS) is 17.4. The van der Waals surface area contributed by atoms with Crippen LogP contribution < -0.4 is 5.32 Å². The lowest BCUT2D eigenvalue weighted by Crippen LogP contribution is -2.38. The first kappa shape index (κ1) is 14.2. The van der Waals surface area contributed by atoms with E-state index in [4.69, 9.17) is 0 Å². The Bertz CT molecular complexity index is 485. The molecule has 20 heavy (non-hydrogen) atoms. The zero-order valence-corrected chi connectivity index (χ0v) is 10.9. The van der Waals surface area contributed by atoms with Crippen molar-refractivity contribution in [2.75, 3.05) is 5.32 Å². The van der Waals surface area contributed by atoms with Crippen LogP contribution in [0.15, 0.2) is 12.4 Å². The Hall–Kier alpha value is -2.25. The fraction of sp³-hybridized carbons (Fsp3) is 0.583. The second-order valence-corrected chi connectivity index (χ2v) is 4.88. The molecule has 2 N–H and O–H groups in total. The molecule has 0 saturated heterocycles. The van der Waals surface area contributed by atoms with E-state index in [0.717, 1.165) is 44.5 Å². The van der Waals surface area contributed by atoms with Crippen molar-refractivity contribution in [2.45, 2.75) is 38.1 Å². The van der Waals surface area contributed by atoms with E-state index in [1.54, 1.807) is 0 Å². The van der Waals surface area contributed by atoms with E-state index in [1.807, 2.05) is 0 Å². The molecule has 0 aliphatic heterocycles. The van der Waals surface area contributed by atoms with Gasteiger partial charge in [-0.2, -0.15) is 0 Å². The number of nitro groups is 1. The molecule has 1 heterocycles. The standard InChI is InChI=1S/C12H16N4O4/c17-11(18)10(8-4-2-1-3-5-8)15-12-13-6-9(7-14-12)16(19)20/h6-8,10H,1-5H2,(H,17,18)(H,13,14,15). The smallest absolute Gasteiger partial charge is 0.326 e. The second kappa shape index (κ2) is 6.27. The third kappa shape index (κ3) is 3.40. The molecule has 0 spiro atoms. The predicted octanol–water partition coefficient (Wildman–Crippen LogP) is 1.83. The number of carboxylic acids is 1. The lowest BCUT2D eigenvalue weighted by Gasteiger charge is -2.27. The first-order chi connectivity index (χ1) is 9.58. The van der Waals surface area contributed by atoms with Crippen molar-refractivity contribution in [3.8, 4) is 0 Å². The summed E-state index contributed by atoms with van der Waals surface area (Å²) in [5, 5.41) is 22.6. The van der Waals surface area contributed by atoms with Crippen molar-refractivity contribution in [1.29, 1.82) is 0 Å². The first-order valence-electron chi connectivity index (χ1n) is 6.53. The number of aromatic nitrogens is 2. The van der Waals surface area contributed by atoms with Crippen LogP contribution in [0.5, 0.6) is 0 Å². The summed E-state index contributed by atoms with van der Waals surface area (Å²) in [6, 6.07) is -0.753. The number of carboxylic acid groups (broad SMARTS) is 1. The summed E-state index contributed by atoms with van der Waals surface area (Å²) in [5.41, 5.74) is -0.222. The number of aliphatic carboxylic acids is 1. The van der Waals surface area contributed by atoms with Gasteiger partial charge in [-0.15, -0.1) is 0 Å². The number of carbonyl (C=O) groups is 1. The molecule has 108 valence electrons. The van der Waals surface area contributed by atoms with Crippen molar-refractivity contribution >= 4 is 17.6 Å². The highest BCUT2D eigenvalue weighted by Crippen LogP contribution is 2.28. The largest absolute Gasteiger partial charge is 0.480 e. The molecule has 1 atom stereocenters. The predicted molar refractivity (Wildman–Crippen MR) is 70.3 cm³/mol. The molecule has 0 amide bonds. The van der Waals surface area contributed by atoms with E-state index in [0.29, 0.717) is 0 Å². The third-order valence-corrected chi connectivity index (χ3v) is 3.52. The zero-order chi connectivity index (χ0) is 14.5. The number of rotatable bonds is 5. The van der Waals surface area contributed by atoms with Gasteiger partial charge in [-0.1, -0.05) is 19.3 Å². The van der Waals surface area contributed by atoms with Crippen molar-refractivity contribution in [2.24, 2.45) is 5.92 Å². The number of hydrogen-bond acceptors (Lipinski definition) is 6. The SMILES string of the molecule is O=C(O)C(Nc1ncc([N+](=O)[O-])cn1)C1CCCCC1. The molecule has 8 heteroatoms. The van der Waals surface area contributed by atoms with Crippen molar-refractivity contribution < 1.29 is 14.8 Å². The Morgan fingerprint density at radius 3 is 2.45 bits per heavy atom. The molecule has 1 unspecified atom stereocenters. The minimum Gasteiger partial charge on any atom is -0.480 e. The minimum atomic E-state index is -0.946. The Morgan fingerprint density at radius 1 is 1.35 bits per heavy atom. The summed E-state index contributed by atoms with van der Waals surface area (Å²) in [5.74, 6) is -0.799. The average Bonchev–Trinajstić information content (AvgIpc) is 2.46. The maximum atomic E-state index is 11.4. The van der Waals surface area contributed by atoms with Crippen LogP contribution in [0.1, 0.15) is 32.1 Å². The van der Waals surface area contributed by atoms with Gasteiger partial charge in [0.1, 0.15) is 18.4 Å².